The third-order valence-corrected chi connectivity index (χ3v) is 11.6. The average Bonchev–Trinajstić information content (AvgIpc) is 3.83. The van der Waals surface area contributed by atoms with Crippen molar-refractivity contribution in [3.63, 3.8) is 0 Å². The van der Waals surface area contributed by atoms with E-state index in [1.54, 1.807) is 16.8 Å². The predicted octanol–water partition coefficient (Wildman–Crippen LogP) is 1.98. The summed E-state index contributed by atoms with van der Waals surface area (Å²) in [4.78, 5) is 58.8. The van der Waals surface area contributed by atoms with Gasteiger partial charge in [0, 0.05) is 39.0 Å². The first-order valence-electron chi connectivity index (χ1n) is 16.0. The van der Waals surface area contributed by atoms with Gasteiger partial charge in [-0.15, -0.1) is 0 Å². The van der Waals surface area contributed by atoms with E-state index in [0.717, 1.165) is 36.8 Å². The topological polar surface area (TPSA) is 164 Å². The first-order chi connectivity index (χ1) is 22.0. The van der Waals surface area contributed by atoms with Crippen molar-refractivity contribution in [1.29, 1.82) is 0 Å². The molecule has 2 N–H and O–H groups in total. The van der Waals surface area contributed by atoms with Gasteiger partial charge in [0.25, 0.3) is 5.91 Å². The maximum atomic E-state index is 13.9. The van der Waals surface area contributed by atoms with Gasteiger partial charge in [-0.1, -0.05) is 18.6 Å². The zero-order chi connectivity index (χ0) is 32.2. The molecule has 2 aliphatic carbocycles. The van der Waals surface area contributed by atoms with Gasteiger partial charge in [0.2, 0.25) is 22.7 Å². The minimum absolute atomic E-state index is 0.00233. The van der Waals surface area contributed by atoms with Gasteiger partial charge in [-0.25, -0.2) is 18.0 Å². The molecule has 5 amide bonds. The number of sulfonamides is 1. The van der Waals surface area contributed by atoms with Gasteiger partial charge in [-0.3, -0.25) is 19.2 Å². The molecule has 0 bridgehead atoms. The molecule has 4 aliphatic heterocycles. The van der Waals surface area contributed by atoms with Gasteiger partial charge in [-0.2, -0.15) is 0 Å². The Morgan fingerprint density at radius 2 is 1.78 bits per heavy atom. The zero-order valence-corrected chi connectivity index (χ0v) is 26.6. The molecule has 1 aromatic rings. The number of carbonyl (C=O) groups is 4. The van der Waals surface area contributed by atoms with E-state index < -0.39 is 50.9 Å². The summed E-state index contributed by atoms with van der Waals surface area (Å²) >= 11 is 0. The number of carbonyl (C=O) groups excluding carboxylic acids is 4. The van der Waals surface area contributed by atoms with Crippen LogP contribution in [0.4, 0.5) is 9.59 Å². The monoisotopic (exact) mass is 657 g/mol. The minimum Gasteiger partial charge on any atom is -0.454 e. The Morgan fingerprint density at radius 1 is 1.07 bits per heavy atom. The van der Waals surface area contributed by atoms with Gasteiger partial charge in [-0.05, 0) is 61.8 Å². The van der Waals surface area contributed by atoms with Crippen LogP contribution in [-0.2, 0) is 37.4 Å². The second-order valence-corrected chi connectivity index (χ2v) is 15.1. The van der Waals surface area contributed by atoms with Crippen molar-refractivity contribution in [3.8, 4) is 11.5 Å². The van der Waals surface area contributed by atoms with Crippen molar-refractivity contribution in [3.05, 3.63) is 35.4 Å². The predicted molar refractivity (Wildman–Crippen MR) is 162 cm³/mol. The molecular weight excluding hydrogens is 618 g/mol. The number of hydrogen-bond donors (Lipinski definition) is 2. The molecule has 6 aliphatic rings. The van der Waals surface area contributed by atoms with Crippen molar-refractivity contribution >= 4 is 34.0 Å². The lowest BCUT2D eigenvalue weighted by Crippen LogP contribution is -2.57. The second-order valence-electron chi connectivity index (χ2n) is 13.2. The number of benzene rings is 1. The smallest absolute Gasteiger partial charge is 0.410 e. The summed E-state index contributed by atoms with van der Waals surface area (Å²) in [5, 5.41) is 2.24. The van der Waals surface area contributed by atoms with E-state index in [1.807, 2.05) is 24.3 Å². The highest BCUT2D eigenvalue weighted by Crippen LogP contribution is 2.46. The molecule has 0 spiro atoms. The van der Waals surface area contributed by atoms with E-state index >= 15 is 0 Å². The molecule has 2 saturated carbocycles. The summed E-state index contributed by atoms with van der Waals surface area (Å²) in [5.74, 6) is -0.473. The average molecular weight is 658 g/mol. The van der Waals surface area contributed by atoms with E-state index in [-0.39, 0.29) is 38.1 Å². The highest BCUT2D eigenvalue weighted by Gasteiger charge is 2.62. The lowest BCUT2D eigenvalue weighted by atomic mass is 10.1. The van der Waals surface area contributed by atoms with E-state index in [9.17, 15) is 27.6 Å². The van der Waals surface area contributed by atoms with Crippen LogP contribution >= 0.6 is 0 Å². The summed E-state index contributed by atoms with van der Waals surface area (Å²) in [6.45, 7) is 1.30. The molecule has 14 nitrogen and oxygen atoms in total. The summed E-state index contributed by atoms with van der Waals surface area (Å²) in [5.41, 5.74) is 0.411. The van der Waals surface area contributed by atoms with E-state index in [1.165, 1.54) is 4.90 Å². The summed E-state index contributed by atoms with van der Waals surface area (Å²) in [6.07, 6.45) is 7.10. The Morgan fingerprint density at radius 3 is 2.48 bits per heavy atom. The Bertz CT molecular complexity index is 1560. The number of nitrogens with zero attached hydrogens (tertiary/aromatic N) is 3. The van der Waals surface area contributed by atoms with Crippen LogP contribution in [0.5, 0.6) is 11.5 Å². The van der Waals surface area contributed by atoms with E-state index in [0.29, 0.717) is 44.0 Å². The van der Waals surface area contributed by atoms with Crippen molar-refractivity contribution in [2.75, 3.05) is 26.9 Å². The molecule has 0 radical (unpaired) electrons. The fourth-order valence-electron chi connectivity index (χ4n) is 6.81. The summed E-state index contributed by atoms with van der Waals surface area (Å²) in [7, 11) is -2.16. The molecule has 1 aromatic carbocycles. The molecular formula is C31H39N5O9S. The first kappa shape index (κ1) is 30.6. The lowest BCUT2D eigenvalue weighted by molar-refractivity contribution is -0.131. The SMILES string of the molecule is CN1CCCCC/C=C\[C@@H]2C[C@@]2(C(=O)NS(=O)(=O)C2CC2)NC(=O)[C@@H]2C[C@@H](OC(=O)N3Cc4cc5c(cc4C3)OCO5)CN2C1=O. The van der Waals surface area contributed by atoms with Gasteiger partial charge in [0.05, 0.1) is 11.8 Å². The normalized spacial score (nSPS) is 29.9. The highest BCUT2D eigenvalue weighted by atomic mass is 32.2. The van der Waals surface area contributed by atoms with Crippen molar-refractivity contribution < 1.29 is 41.8 Å². The van der Waals surface area contributed by atoms with Crippen molar-refractivity contribution in [1.82, 2.24) is 24.7 Å². The second kappa shape index (κ2) is 11.7. The van der Waals surface area contributed by atoms with E-state index in [2.05, 4.69) is 10.0 Å². The Balaban J connectivity index is 1.08. The van der Waals surface area contributed by atoms with Crippen LogP contribution in [0.3, 0.4) is 0 Å². The lowest BCUT2D eigenvalue weighted by Gasteiger charge is -2.30. The fourth-order valence-corrected chi connectivity index (χ4v) is 8.17. The van der Waals surface area contributed by atoms with Crippen LogP contribution in [0, 0.1) is 5.92 Å². The third-order valence-electron chi connectivity index (χ3n) is 9.78. The maximum absolute atomic E-state index is 13.9. The van der Waals surface area contributed by atoms with Gasteiger partial charge in [0.1, 0.15) is 17.7 Å². The molecule has 46 heavy (non-hydrogen) atoms. The summed E-state index contributed by atoms with van der Waals surface area (Å²) in [6, 6.07) is 2.31. The number of hydrogen-bond acceptors (Lipinski definition) is 9. The number of urea groups is 1. The van der Waals surface area contributed by atoms with Crippen LogP contribution in [0.25, 0.3) is 0 Å². The van der Waals surface area contributed by atoms with Crippen LogP contribution in [-0.4, -0.2) is 96.9 Å². The largest absolute Gasteiger partial charge is 0.454 e. The van der Waals surface area contributed by atoms with Crippen LogP contribution in [0.2, 0.25) is 0 Å². The van der Waals surface area contributed by atoms with Crippen LogP contribution < -0.4 is 19.5 Å². The number of ether oxygens (including phenoxy) is 3. The van der Waals surface area contributed by atoms with Crippen molar-refractivity contribution in [2.24, 2.45) is 5.92 Å². The van der Waals surface area contributed by atoms with Gasteiger partial charge >= 0.3 is 12.1 Å². The van der Waals surface area contributed by atoms with Crippen LogP contribution in [0.1, 0.15) is 62.5 Å². The molecule has 4 heterocycles. The third kappa shape index (κ3) is 5.84. The molecule has 0 aromatic heterocycles. The first-order valence-corrected chi connectivity index (χ1v) is 17.5. The fraction of sp³-hybridized carbons (Fsp3) is 0.613. The zero-order valence-electron chi connectivity index (χ0n) is 25.7. The molecule has 7 rings (SSSR count). The molecule has 15 heteroatoms. The number of rotatable bonds is 4. The Kier molecular flexibility index (Phi) is 7.76. The number of fused-ring (bicyclic) bond motifs is 4. The van der Waals surface area contributed by atoms with E-state index in [4.69, 9.17) is 14.2 Å². The number of allylic oxidation sites excluding steroid dienone is 1. The Hall–Kier alpha value is -4.01. The van der Waals surface area contributed by atoms with Gasteiger partial charge in [0.15, 0.2) is 11.5 Å². The maximum Gasteiger partial charge on any atom is 0.410 e. The van der Waals surface area contributed by atoms with Crippen LogP contribution in [0.15, 0.2) is 24.3 Å². The quantitative estimate of drug-likeness (QED) is 0.461. The number of amides is 5. The molecule has 248 valence electrons. The van der Waals surface area contributed by atoms with Gasteiger partial charge < -0.3 is 29.3 Å². The molecule has 3 fully saturated rings. The Labute approximate surface area is 267 Å². The molecule has 0 unspecified atom stereocenters. The number of nitrogens with one attached hydrogen (secondary N) is 2. The highest BCUT2D eigenvalue weighted by molar-refractivity contribution is 7.91. The minimum atomic E-state index is -3.84. The van der Waals surface area contributed by atoms with Crippen molar-refractivity contribution in [2.45, 2.75) is 87.4 Å². The molecule has 4 atom stereocenters. The molecule has 1 saturated heterocycles. The standard InChI is InChI=1S/C31H39N5O9S/c1-34-10-6-4-2-3-5-7-21-14-31(21,28(38)33-46(41,42)23-8-9-23)32-27(37)24-13-22(17-36(24)29(34)39)45-30(40)35-15-19-11-25-26(44-18-43-25)12-20(19)16-35/h5,7,11-12,21-24H,2-4,6,8-10,13-18H2,1H3,(H,32,37)(H,33,38)/b7-5-/t21-,22-,24+,31-/m1/s1. The summed E-state index contributed by atoms with van der Waals surface area (Å²) < 4.78 is 44.3.